The summed E-state index contributed by atoms with van der Waals surface area (Å²) >= 11 is 0. The molecule has 2 aromatic rings. The maximum atomic E-state index is 13.1. The van der Waals surface area contributed by atoms with Crippen LogP contribution in [0.3, 0.4) is 0 Å². The normalized spacial score (nSPS) is 16.1. The Morgan fingerprint density at radius 3 is 1.60 bits per heavy atom. The van der Waals surface area contributed by atoms with E-state index in [1.807, 2.05) is 20.8 Å². The summed E-state index contributed by atoms with van der Waals surface area (Å²) in [6, 6.07) is 6.71. The van der Waals surface area contributed by atoms with Crippen LogP contribution < -0.4 is 42.3 Å². The van der Waals surface area contributed by atoms with Crippen molar-refractivity contribution in [3.8, 4) is 0 Å². The minimum absolute atomic E-state index is 0. The van der Waals surface area contributed by atoms with Gasteiger partial charge in [-0.15, -0.1) is 20.5 Å². The summed E-state index contributed by atoms with van der Waals surface area (Å²) in [6.07, 6.45) is 6.27. The molecule has 0 saturated heterocycles. The van der Waals surface area contributed by atoms with Crippen LogP contribution >= 0.6 is 0 Å². The molecule has 1 amide bonds. The third-order valence-electron chi connectivity index (χ3n) is 4.90. The van der Waals surface area contributed by atoms with Crippen molar-refractivity contribution in [2.75, 3.05) is 5.01 Å². The Balaban J connectivity index is 0.000000628. The summed E-state index contributed by atoms with van der Waals surface area (Å²) in [4.78, 5) is 42.5. The Morgan fingerprint density at radius 2 is 1.23 bits per heavy atom. The van der Waals surface area contributed by atoms with E-state index in [0.717, 1.165) is 0 Å². The van der Waals surface area contributed by atoms with Crippen LogP contribution in [0, 0.1) is 25.9 Å². The topological polar surface area (TPSA) is 269 Å². The van der Waals surface area contributed by atoms with E-state index in [1.165, 1.54) is 17.2 Å². The van der Waals surface area contributed by atoms with Gasteiger partial charge >= 0.3 is 16.5 Å². The minimum Gasteiger partial charge on any atom is -0.319 e. The maximum absolute atomic E-state index is 13.1. The van der Waals surface area contributed by atoms with Crippen molar-refractivity contribution in [2.24, 2.45) is 17.6 Å². The number of ketones is 2. The van der Waals surface area contributed by atoms with Crippen molar-refractivity contribution < 1.29 is 88.6 Å². The number of hydrogen-bond acceptors (Lipinski definition) is 13. The Bertz CT molecular complexity index is 1310. The van der Waals surface area contributed by atoms with E-state index >= 15 is 0 Å². The molecule has 1 aliphatic carbocycles. The molecule has 1 aromatic carbocycles. The van der Waals surface area contributed by atoms with Crippen LogP contribution in [-0.2, 0) is 28.3 Å². The van der Waals surface area contributed by atoms with Gasteiger partial charge in [0.2, 0.25) is 5.95 Å². The third kappa shape index (κ3) is 9.65. The zero-order chi connectivity index (χ0) is 29.9. The van der Waals surface area contributed by atoms with E-state index in [2.05, 4.69) is 10.1 Å². The number of anilines is 1. The molecular formula is C22H20Cl2N4NiO11. The summed E-state index contributed by atoms with van der Waals surface area (Å²) < 4.78 is 69.6. The quantitative estimate of drug-likeness (QED) is 0.168. The fourth-order valence-electron chi connectivity index (χ4n) is 3.41. The molecule has 0 radical (unpaired) electrons. The molecule has 18 heteroatoms. The number of Topliss-reactive ketones (excluding diaryl/α,β-unsaturated/α-hetero) is 2. The molecule has 0 N–H and O–H groups in total. The Morgan fingerprint density at radius 1 is 0.800 bits per heavy atom. The summed E-state index contributed by atoms with van der Waals surface area (Å²) in [7, 11) is -8.11. The molecule has 0 atom stereocenters. The van der Waals surface area contributed by atoms with Gasteiger partial charge in [-0.05, 0) is 12.2 Å². The van der Waals surface area contributed by atoms with Gasteiger partial charge in [-0.1, -0.05) is 45.0 Å². The molecule has 0 spiro atoms. The maximum Gasteiger partial charge on any atom is 2.00 e. The molecule has 218 valence electrons. The molecule has 4 rings (SSSR count). The van der Waals surface area contributed by atoms with E-state index in [0.29, 0.717) is 28.4 Å². The van der Waals surface area contributed by atoms with Gasteiger partial charge < -0.3 is 4.57 Å². The van der Waals surface area contributed by atoms with Crippen molar-refractivity contribution in [1.82, 2.24) is 9.55 Å². The zero-order valence-corrected chi connectivity index (χ0v) is 23.5. The number of nitrogens with zero attached hydrogens (tertiary/aromatic N) is 4. The van der Waals surface area contributed by atoms with Crippen LogP contribution in [0.2, 0.25) is 0 Å². The zero-order valence-electron chi connectivity index (χ0n) is 21.0. The van der Waals surface area contributed by atoms with Crippen molar-refractivity contribution >= 4 is 29.1 Å². The molecule has 2 heterocycles. The van der Waals surface area contributed by atoms with Gasteiger partial charge in [-0.2, -0.15) is 10.1 Å². The van der Waals surface area contributed by atoms with Crippen LogP contribution in [0.5, 0.6) is 0 Å². The first-order chi connectivity index (χ1) is 17.7. The van der Waals surface area contributed by atoms with Gasteiger partial charge in [-0.25, -0.2) is 42.3 Å². The van der Waals surface area contributed by atoms with Crippen LogP contribution in [0.15, 0.2) is 65.1 Å². The number of benzene rings is 1. The predicted molar refractivity (Wildman–Crippen MR) is 109 cm³/mol. The third-order valence-corrected chi connectivity index (χ3v) is 4.90. The number of imidazole rings is 1. The first-order valence-corrected chi connectivity index (χ1v) is 12.9. The van der Waals surface area contributed by atoms with E-state index in [-0.39, 0.29) is 39.5 Å². The average molecular weight is 646 g/mol. The average Bonchev–Trinajstić information content (AvgIpc) is 3.40. The molecule has 0 fully saturated rings. The molecule has 15 nitrogen and oxygen atoms in total. The number of rotatable bonds is 2. The van der Waals surface area contributed by atoms with Crippen molar-refractivity contribution in [1.29, 1.82) is 0 Å². The number of allylic oxidation sites excluding steroid dienone is 3. The number of aryl methyl sites for hydroxylation is 1. The van der Waals surface area contributed by atoms with Crippen molar-refractivity contribution in [3.05, 3.63) is 71.1 Å². The number of carbonyl (C=O) groups is 3. The molecule has 2 aliphatic rings. The molecule has 0 unspecified atom stereocenters. The van der Waals surface area contributed by atoms with Gasteiger partial charge in [0.25, 0.3) is 5.91 Å². The smallest absolute Gasteiger partial charge is 0.319 e. The van der Waals surface area contributed by atoms with E-state index in [9.17, 15) is 14.4 Å². The standard InChI is InChI=1S/C22H20N4O3.2ClHO4.Ni/c1-22(2,3)19-16(20(29)26(24-19)21-23-11-12-25(21)4)10-9-15-17(27)13-7-5-6-8-14(13)18(15)28;2*2-1(3,4)5;/h5-12H,1-4H3;2*(H,2,3,4,5);/q;;;+2/p-2/b16-10+;;;. The summed E-state index contributed by atoms with van der Waals surface area (Å²) in [5.41, 5.74) is 1.31. The van der Waals surface area contributed by atoms with Gasteiger partial charge in [0.05, 0.1) is 16.9 Å². The second kappa shape index (κ2) is 13.2. The minimum atomic E-state index is -4.94. The Hall–Kier alpha value is -2.86. The largest absolute Gasteiger partial charge is 2.00 e. The molecule has 1 aliphatic heterocycles. The Kier molecular flexibility index (Phi) is 11.6. The van der Waals surface area contributed by atoms with Crippen LogP contribution in [-0.4, -0.2) is 32.7 Å². The van der Waals surface area contributed by atoms with Gasteiger partial charge in [0.1, 0.15) is 0 Å². The van der Waals surface area contributed by atoms with Crippen LogP contribution in [0.4, 0.5) is 5.95 Å². The molecular weight excluding hydrogens is 626 g/mol. The van der Waals surface area contributed by atoms with E-state index in [4.69, 9.17) is 37.3 Å². The Labute approximate surface area is 241 Å². The number of carbonyl (C=O) groups excluding carboxylic acids is 3. The summed E-state index contributed by atoms with van der Waals surface area (Å²) in [5.74, 6) is -0.615. The second-order valence-corrected chi connectivity index (χ2v) is 10.3. The van der Waals surface area contributed by atoms with E-state index < -0.39 is 25.9 Å². The summed E-state index contributed by atoms with van der Waals surface area (Å²) in [5, 5.41) is 5.75. The molecule has 1 aromatic heterocycles. The van der Waals surface area contributed by atoms with E-state index in [1.54, 1.807) is 48.3 Å². The van der Waals surface area contributed by atoms with Gasteiger partial charge in [-0.3, -0.25) is 14.4 Å². The number of amides is 1. The second-order valence-electron chi connectivity index (χ2n) is 8.77. The molecule has 0 bridgehead atoms. The monoisotopic (exact) mass is 644 g/mol. The van der Waals surface area contributed by atoms with Gasteiger partial charge in [0.15, 0.2) is 11.6 Å². The van der Waals surface area contributed by atoms with Crippen LogP contribution in [0.1, 0.15) is 41.5 Å². The van der Waals surface area contributed by atoms with Crippen molar-refractivity contribution in [2.45, 2.75) is 20.8 Å². The first kappa shape index (κ1) is 35.2. The predicted octanol–water partition coefficient (Wildman–Crippen LogP) is -6.41. The number of halogens is 2. The number of fused-ring (bicyclic) bond motifs is 1. The number of aromatic nitrogens is 2. The van der Waals surface area contributed by atoms with Gasteiger partial charge in [0, 0.05) is 36.0 Å². The molecule has 0 saturated carbocycles. The fourth-order valence-corrected chi connectivity index (χ4v) is 3.41. The SMILES string of the molecule is Cn1ccnc1N1N=C(C(C)(C)C)/C(=C\C=C2C(=O)c3ccccc3C2=O)C1=O.[Ni+2].[O-][Cl+3]([O-])([O-])[O-].[O-][Cl+3]([O-])([O-])[O-]. The fraction of sp³-hybridized carbons (Fsp3) is 0.227. The number of hydrazone groups is 1. The summed E-state index contributed by atoms with van der Waals surface area (Å²) in [6.45, 7) is 5.84. The first-order valence-electron chi connectivity index (χ1n) is 10.4. The van der Waals surface area contributed by atoms with Crippen molar-refractivity contribution in [3.63, 3.8) is 0 Å². The van der Waals surface area contributed by atoms with Crippen LogP contribution in [0.25, 0.3) is 0 Å². The number of hydrogen-bond donors (Lipinski definition) is 0. The molecule has 40 heavy (non-hydrogen) atoms.